The predicted molar refractivity (Wildman–Crippen MR) is 32.1 cm³/mol. The molecule has 1 aromatic rings. The van der Waals surface area contributed by atoms with E-state index in [1.807, 2.05) is 0 Å². The summed E-state index contributed by atoms with van der Waals surface area (Å²) < 4.78 is 0. The van der Waals surface area contributed by atoms with E-state index in [0.717, 1.165) is 0 Å². The number of aromatic hydroxyl groups is 1. The molecule has 0 heterocycles. The van der Waals surface area contributed by atoms with Gasteiger partial charge in [0.05, 0.1) is 0 Å². The second-order valence-corrected chi connectivity index (χ2v) is 1.65. The van der Waals surface area contributed by atoms with Gasteiger partial charge in [-0.1, -0.05) is 0 Å². The molecule has 0 fully saturated rings. The van der Waals surface area contributed by atoms with Gasteiger partial charge >= 0.3 is 0 Å². The normalized spacial score (nSPS) is 8.89. The van der Waals surface area contributed by atoms with Crippen molar-refractivity contribution in [2.75, 3.05) is 0 Å². The molecule has 0 aromatic heterocycles. The average Bonchev–Trinajstić information content (AvgIpc) is 1.90. The van der Waals surface area contributed by atoms with Gasteiger partial charge in [-0.25, -0.2) is 0 Å². The van der Waals surface area contributed by atoms with E-state index in [4.69, 9.17) is 10.6 Å². The van der Waals surface area contributed by atoms with Gasteiger partial charge in [-0.3, -0.25) is 0 Å². The lowest BCUT2D eigenvalue weighted by molar-refractivity contribution is -0.210. The van der Waals surface area contributed by atoms with Gasteiger partial charge < -0.3 is 5.11 Å². The first kappa shape index (κ1) is 5.75. The summed E-state index contributed by atoms with van der Waals surface area (Å²) in [6.07, 6.45) is 0. The van der Waals surface area contributed by atoms with Crippen LogP contribution in [0.1, 0.15) is 0 Å². The minimum atomic E-state index is 0.224. The third-order valence-corrected chi connectivity index (χ3v) is 0.999. The van der Waals surface area contributed by atoms with Crippen LogP contribution in [-0.2, 0) is 0 Å². The van der Waals surface area contributed by atoms with Crippen molar-refractivity contribution in [3.05, 3.63) is 24.3 Å². The van der Waals surface area contributed by atoms with Gasteiger partial charge in [0.15, 0.2) is 0 Å². The van der Waals surface area contributed by atoms with E-state index >= 15 is 0 Å². The van der Waals surface area contributed by atoms with Gasteiger partial charge in [0.25, 0.3) is 0 Å². The molecule has 1 aromatic carbocycles. The molecule has 0 atom stereocenters. The lowest BCUT2D eigenvalue weighted by Gasteiger charge is -1.87. The number of benzene rings is 1. The molecule has 0 aliphatic carbocycles. The lowest BCUT2D eigenvalue weighted by atomic mass is 10.3. The fourth-order valence-corrected chi connectivity index (χ4v) is 0.539. The third-order valence-electron chi connectivity index (χ3n) is 0.999. The highest BCUT2D eigenvalue weighted by Crippen LogP contribution is 2.14. The fraction of sp³-hybridized carbons (Fsp3) is 0. The van der Waals surface area contributed by atoms with Crippen LogP contribution in [0, 0.1) is 0 Å². The first-order chi connectivity index (χ1) is 4.33. The summed E-state index contributed by atoms with van der Waals surface area (Å²) in [5.41, 5.74) is 5.60. The van der Waals surface area contributed by atoms with Crippen molar-refractivity contribution in [3.63, 3.8) is 0 Å². The molecule has 9 heavy (non-hydrogen) atoms. The molecule has 3 nitrogen and oxygen atoms in total. The van der Waals surface area contributed by atoms with Crippen molar-refractivity contribution in [2.45, 2.75) is 0 Å². The van der Waals surface area contributed by atoms with Gasteiger partial charge in [-0.15, -0.1) is 0 Å². The fourth-order valence-electron chi connectivity index (χ4n) is 0.539. The van der Waals surface area contributed by atoms with Crippen molar-refractivity contribution < 1.29 is 10.6 Å². The van der Waals surface area contributed by atoms with Crippen LogP contribution in [0.25, 0.3) is 0 Å². The average molecular weight is 123 g/mol. The zero-order chi connectivity index (χ0) is 6.69. The Balaban J connectivity index is 3.01. The molecule has 46 valence electrons. The molecule has 3 heteroatoms. The minimum absolute atomic E-state index is 0.224. The molecule has 1 rings (SSSR count). The summed E-state index contributed by atoms with van der Waals surface area (Å²) in [5, 5.41) is 12.2. The summed E-state index contributed by atoms with van der Waals surface area (Å²) in [4.78, 5) is 0. The van der Waals surface area contributed by atoms with Crippen molar-refractivity contribution in [3.8, 4) is 5.75 Å². The Bertz CT molecular complexity index is 205. The van der Waals surface area contributed by atoms with Crippen molar-refractivity contribution in [1.29, 1.82) is 0 Å². The molecule has 0 aliphatic rings. The number of hydrogen-bond donors (Lipinski definition) is 2. The number of nitrogens with two attached hydrogens (primary N) is 1. The Hall–Kier alpha value is -1.38. The number of phenolic OH excluding ortho intramolecular Hbond substituents is 1. The number of rotatable bonds is 1. The van der Waals surface area contributed by atoms with E-state index in [1.165, 1.54) is 12.1 Å². The van der Waals surface area contributed by atoms with Crippen LogP contribution in [0.15, 0.2) is 29.4 Å². The second-order valence-electron chi connectivity index (χ2n) is 1.65. The van der Waals surface area contributed by atoms with Crippen LogP contribution in [0.2, 0.25) is 0 Å². The second kappa shape index (κ2) is 2.26. The Morgan fingerprint density at radius 1 is 1.22 bits per heavy atom. The largest absolute Gasteiger partial charge is 0.508 e. The highest BCUT2D eigenvalue weighted by molar-refractivity contribution is 5.39. The first-order valence-electron chi connectivity index (χ1n) is 2.53. The van der Waals surface area contributed by atoms with Crippen LogP contribution in [0.3, 0.4) is 0 Å². The Kier molecular flexibility index (Phi) is 1.44. The summed E-state index contributed by atoms with van der Waals surface area (Å²) >= 11 is 0. The van der Waals surface area contributed by atoms with Crippen molar-refractivity contribution in [1.82, 2.24) is 0 Å². The number of phenols is 1. The molecule has 0 unspecified atom stereocenters. The zero-order valence-corrected chi connectivity index (χ0v) is 4.78. The van der Waals surface area contributed by atoms with Gasteiger partial charge in [0.2, 0.25) is 0 Å². The monoisotopic (exact) mass is 123 g/mol. The Morgan fingerprint density at radius 2 is 1.78 bits per heavy atom. The standard InChI is InChI=1S/C6H6N2O/c7-8-5-1-3-6(9)4-2-5/h1-4,7,9H/p+1. The van der Waals surface area contributed by atoms with E-state index < -0.39 is 0 Å². The summed E-state index contributed by atoms with van der Waals surface area (Å²) in [7, 11) is 0. The highest BCUT2D eigenvalue weighted by atomic mass is 16.3. The van der Waals surface area contributed by atoms with E-state index in [1.54, 1.807) is 12.1 Å². The molecule has 0 spiro atoms. The molecule has 0 bridgehead atoms. The molecule has 0 amide bonds. The molecular weight excluding hydrogens is 116 g/mol. The Morgan fingerprint density at radius 3 is 2.22 bits per heavy atom. The van der Waals surface area contributed by atoms with Crippen LogP contribution in [0.4, 0.5) is 5.69 Å². The smallest absolute Gasteiger partial charge is 0.130 e. The SMILES string of the molecule is [NH2+]=Nc1ccc(O)cc1. The minimum Gasteiger partial charge on any atom is -0.508 e. The predicted octanol–water partition coefficient (Wildman–Crippen LogP) is 0.235. The van der Waals surface area contributed by atoms with E-state index in [-0.39, 0.29) is 5.75 Å². The molecule has 0 saturated heterocycles. The maximum absolute atomic E-state index is 8.77. The first-order valence-corrected chi connectivity index (χ1v) is 2.53. The summed E-state index contributed by atoms with van der Waals surface area (Å²) in [6, 6.07) is 6.34. The van der Waals surface area contributed by atoms with Crippen LogP contribution >= 0.6 is 0 Å². The summed E-state index contributed by atoms with van der Waals surface area (Å²) in [6.45, 7) is 0. The quantitative estimate of drug-likeness (QED) is 0.516. The van der Waals surface area contributed by atoms with Gasteiger partial charge in [0.1, 0.15) is 11.4 Å². The molecule has 0 aliphatic heterocycles. The van der Waals surface area contributed by atoms with E-state index in [0.29, 0.717) is 5.69 Å². The topological polar surface area (TPSA) is 58.2 Å². The van der Waals surface area contributed by atoms with Gasteiger partial charge in [-0.2, -0.15) is 5.53 Å². The molecule has 3 N–H and O–H groups in total. The Labute approximate surface area is 52.5 Å². The molecule has 0 radical (unpaired) electrons. The van der Waals surface area contributed by atoms with E-state index in [2.05, 4.69) is 5.11 Å². The zero-order valence-electron chi connectivity index (χ0n) is 4.78. The van der Waals surface area contributed by atoms with Crippen molar-refractivity contribution in [2.24, 2.45) is 5.11 Å². The highest BCUT2D eigenvalue weighted by Gasteiger charge is 1.88. The van der Waals surface area contributed by atoms with Crippen LogP contribution in [-0.4, -0.2) is 5.11 Å². The molecular formula is C6H7N2O+. The van der Waals surface area contributed by atoms with Gasteiger partial charge in [-0.05, 0) is 29.4 Å². The number of hydrogen-bond acceptors (Lipinski definition) is 2. The van der Waals surface area contributed by atoms with Crippen molar-refractivity contribution >= 4 is 5.69 Å². The van der Waals surface area contributed by atoms with Crippen LogP contribution in [0.5, 0.6) is 5.75 Å². The van der Waals surface area contributed by atoms with Crippen LogP contribution < -0.4 is 5.53 Å². The lowest BCUT2D eigenvalue weighted by Crippen LogP contribution is -2.21. The summed E-state index contributed by atoms with van der Waals surface area (Å²) in [5.74, 6) is 0.224. The van der Waals surface area contributed by atoms with Gasteiger partial charge in [0, 0.05) is 0 Å². The third kappa shape index (κ3) is 1.25. The maximum Gasteiger partial charge on any atom is 0.130 e. The van der Waals surface area contributed by atoms with E-state index in [9.17, 15) is 0 Å². The molecule has 0 saturated carbocycles. The maximum atomic E-state index is 8.77. The number of nitrogens with zero attached hydrogens (tertiary/aromatic N) is 1.